The van der Waals surface area contributed by atoms with Gasteiger partial charge in [-0.25, -0.2) is 8.78 Å². The van der Waals surface area contributed by atoms with Crippen molar-refractivity contribution in [2.45, 2.75) is 6.92 Å². The zero-order chi connectivity index (χ0) is 11.9. The number of hydrogen-bond donors (Lipinski definition) is 1. The minimum Gasteiger partial charge on any atom is -0.315 e. The molecule has 0 amide bonds. The van der Waals surface area contributed by atoms with Gasteiger partial charge in [0, 0.05) is 13.1 Å². The lowest BCUT2D eigenvalue weighted by atomic mass is 9.77. The second-order valence-electron chi connectivity index (χ2n) is 4.22. The van der Waals surface area contributed by atoms with Gasteiger partial charge in [0.25, 0.3) is 0 Å². The lowest BCUT2D eigenvalue weighted by molar-refractivity contribution is 0.0717. The maximum Gasteiger partial charge on any atom is 0.174 e. The van der Waals surface area contributed by atoms with E-state index in [1.807, 2.05) is 0 Å². The number of hydrogen-bond acceptors (Lipinski definition) is 2. The maximum absolute atomic E-state index is 13.6. The largest absolute Gasteiger partial charge is 0.315 e. The van der Waals surface area contributed by atoms with Crippen LogP contribution in [-0.4, -0.2) is 18.9 Å². The van der Waals surface area contributed by atoms with Crippen LogP contribution in [0.15, 0.2) is 12.1 Å². The third kappa shape index (κ3) is 2.30. The molecule has 0 atom stereocenters. The monoisotopic (exact) mass is 281 g/mol. The van der Waals surface area contributed by atoms with Crippen molar-refractivity contribution >= 4 is 29.8 Å². The smallest absolute Gasteiger partial charge is 0.174 e. The van der Waals surface area contributed by atoms with Gasteiger partial charge in [0.05, 0.1) is 11.0 Å². The highest BCUT2D eigenvalue weighted by atomic mass is 35.5. The second-order valence-corrected chi connectivity index (χ2v) is 4.59. The van der Waals surface area contributed by atoms with Crippen LogP contribution in [0.3, 0.4) is 0 Å². The third-order valence-electron chi connectivity index (χ3n) is 2.86. The Bertz CT molecular complexity index is 461. The van der Waals surface area contributed by atoms with Crippen LogP contribution in [0.5, 0.6) is 0 Å². The molecule has 6 heteroatoms. The lowest BCUT2D eigenvalue weighted by Crippen LogP contribution is -2.56. The van der Waals surface area contributed by atoms with Gasteiger partial charge >= 0.3 is 0 Å². The summed E-state index contributed by atoms with van der Waals surface area (Å²) in [6, 6.07) is 2.15. The Labute approximate surface area is 109 Å². The van der Waals surface area contributed by atoms with Crippen LogP contribution in [0.4, 0.5) is 8.78 Å². The summed E-state index contributed by atoms with van der Waals surface area (Å²) in [6.45, 7) is 2.74. The summed E-state index contributed by atoms with van der Waals surface area (Å²) in [7, 11) is 0. The van der Waals surface area contributed by atoms with Crippen LogP contribution in [0.25, 0.3) is 0 Å². The number of benzene rings is 1. The molecule has 1 saturated heterocycles. The van der Waals surface area contributed by atoms with Crippen LogP contribution in [0.2, 0.25) is 5.02 Å². The molecule has 1 aromatic carbocycles. The SMILES string of the molecule is CC1(C(=O)c2ccc(F)c(Cl)c2F)CNC1.Cl. The molecule has 2 nitrogen and oxygen atoms in total. The van der Waals surface area contributed by atoms with Crippen molar-refractivity contribution in [1.82, 2.24) is 5.32 Å². The second kappa shape index (κ2) is 4.88. The first-order valence-corrected chi connectivity index (χ1v) is 5.22. The van der Waals surface area contributed by atoms with E-state index >= 15 is 0 Å². The number of carbonyl (C=O) groups is 1. The topological polar surface area (TPSA) is 29.1 Å². The molecule has 0 bridgehead atoms. The molecular formula is C11H11Cl2F2NO. The molecule has 0 spiro atoms. The Balaban J connectivity index is 0.00000144. The van der Waals surface area contributed by atoms with Gasteiger partial charge in [-0.05, 0) is 19.1 Å². The molecular weight excluding hydrogens is 271 g/mol. The molecule has 94 valence electrons. The Morgan fingerprint density at radius 3 is 2.47 bits per heavy atom. The van der Waals surface area contributed by atoms with Gasteiger partial charge in [-0.1, -0.05) is 11.6 Å². The molecule has 1 aromatic rings. The lowest BCUT2D eigenvalue weighted by Gasteiger charge is -2.37. The fourth-order valence-electron chi connectivity index (χ4n) is 1.69. The van der Waals surface area contributed by atoms with Crippen molar-refractivity contribution in [1.29, 1.82) is 0 Å². The summed E-state index contributed by atoms with van der Waals surface area (Å²) < 4.78 is 26.5. The number of Topliss-reactive ketones (excluding diaryl/α,β-unsaturated/α-hetero) is 1. The van der Waals surface area contributed by atoms with Gasteiger partial charge in [0.1, 0.15) is 10.8 Å². The minimum absolute atomic E-state index is 0. The average Bonchev–Trinajstić information content (AvgIpc) is 2.22. The molecule has 1 aliphatic heterocycles. The van der Waals surface area contributed by atoms with E-state index in [9.17, 15) is 13.6 Å². The summed E-state index contributed by atoms with van der Waals surface area (Å²) in [6.07, 6.45) is 0. The molecule has 1 fully saturated rings. The van der Waals surface area contributed by atoms with Crippen molar-refractivity contribution in [2.75, 3.05) is 13.1 Å². The number of ketones is 1. The molecule has 17 heavy (non-hydrogen) atoms. The predicted molar refractivity (Wildman–Crippen MR) is 63.9 cm³/mol. The van der Waals surface area contributed by atoms with Crippen LogP contribution in [0, 0.1) is 17.0 Å². The number of rotatable bonds is 2. The minimum atomic E-state index is -0.972. The van der Waals surface area contributed by atoms with Crippen LogP contribution in [-0.2, 0) is 0 Å². The Hall–Kier alpha value is -0.710. The average molecular weight is 282 g/mol. The predicted octanol–water partition coefficient (Wildman–Crippen LogP) is 2.83. The van der Waals surface area contributed by atoms with E-state index < -0.39 is 22.1 Å². The summed E-state index contributed by atoms with van der Waals surface area (Å²) in [5, 5.41) is 2.32. The fraction of sp³-hybridized carbons (Fsp3) is 0.364. The number of carbonyl (C=O) groups excluding carboxylic acids is 1. The first-order chi connectivity index (χ1) is 7.46. The molecule has 0 saturated carbocycles. The summed E-state index contributed by atoms with van der Waals surface area (Å²) in [5.41, 5.74) is -0.752. The normalized spacial score (nSPS) is 16.9. The first kappa shape index (κ1) is 14.4. The van der Waals surface area contributed by atoms with Gasteiger partial charge in [0.2, 0.25) is 0 Å². The molecule has 2 rings (SSSR count). The van der Waals surface area contributed by atoms with Crippen molar-refractivity contribution < 1.29 is 13.6 Å². The number of nitrogens with one attached hydrogen (secondary N) is 1. The Kier molecular flexibility index (Phi) is 4.12. The molecule has 1 heterocycles. The van der Waals surface area contributed by atoms with E-state index in [0.717, 1.165) is 12.1 Å². The highest BCUT2D eigenvalue weighted by molar-refractivity contribution is 6.31. The quantitative estimate of drug-likeness (QED) is 0.667. The van der Waals surface area contributed by atoms with Crippen molar-refractivity contribution in [3.8, 4) is 0 Å². The highest BCUT2D eigenvalue weighted by Crippen LogP contribution is 2.30. The number of halogens is 4. The van der Waals surface area contributed by atoms with Gasteiger partial charge < -0.3 is 5.32 Å². The van der Waals surface area contributed by atoms with Gasteiger partial charge in [-0.2, -0.15) is 0 Å². The summed E-state index contributed by atoms with van der Waals surface area (Å²) >= 11 is 5.42. The van der Waals surface area contributed by atoms with E-state index in [-0.39, 0.29) is 23.8 Å². The van der Waals surface area contributed by atoms with Gasteiger partial charge in [-0.15, -0.1) is 12.4 Å². The van der Waals surface area contributed by atoms with Crippen LogP contribution in [0.1, 0.15) is 17.3 Å². The third-order valence-corrected chi connectivity index (χ3v) is 3.20. The van der Waals surface area contributed by atoms with E-state index in [1.54, 1.807) is 6.92 Å². The molecule has 0 radical (unpaired) electrons. The van der Waals surface area contributed by atoms with E-state index in [0.29, 0.717) is 13.1 Å². The molecule has 0 unspecified atom stereocenters. The summed E-state index contributed by atoms with van der Waals surface area (Å²) in [5.74, 6) is -2.17. The zero-order valence-electron chi connectivity index (χ0n) is 9.02. The van der Waals surface area contributed by atoms with Crippen molar-refractivity contribution in [2.24, 2.45) is 5.41 Å². The molecule has 0 aromatic heterocycles. The van der Waals surface area contributed by atoms with E-state index in [2.05, 4.69) is 5.32 Å². The van der Waals surface area contributed by atoms with Crippen LogP contribution >= 0.6 is 24.0 Å². The maximum atomic E-state index is 13.6. The van der Waals surface area contributed by atoms with Gasteiger partial charge in [-0.3, -0.25) is 4.79 Å². The van der Waals surface area contributed by atoms with E-state index in [4.69, 9.17) is 11.6 Å². The zero-order valence-corrected chi connectivity index (χ0v) is 10.6. The van der Waals surface area contributed by atoms with Crippen molar-refractivity contribution in [3.05, 3.63) is 34.4 Å². The van der Waals surface area contributed by atoms with Gasteiger partial charge in [0.15, 0.2) is 11.6 Å². The first-order valence-electron chi connectivity index (χ1n) is 4.85. The highest BCUT2D eigenvalue weighted by Gasteiger charge is 2.41. The van der Waals surface area contributed by atoms with E-state index in [1.165, 1.54) is 0 Å². The van der Waals surface area contributed by atoms with Crippen molar-refractivity contribution in [3.63, 3.8) is 0 Å². The Morgan fingerprint density at radius 1 is 1.41 bits per heavy atom. The Morgan fingerprint density at radius 2 is 2.00 bits per heavy atom. The molecule has 1 N–H and O–H groups in total. The molecule has 1 aliphatic rings. The fourth-order valence-corrected chi connectivity index (χ4v) is 1.85. The van der Waals surface area contributed by atoms with Crippen LogP contribution < -0.4 is 5.32 Å². The molecule has 0 aliphatic carbocycles. The summed E-state index contributed by atoms with van der Waals surface area (Å²) in [4.78, 5) is 12.0. The standard InChI is InChI=1S/C11H10ClF2NO.ClH/c1-11(4-15-5-11)10(16)6-2-3-7(13)8(12)9(6)14;/h2-3,15H,4-5H2,1H3;1H.